The van der Waals surface area contributed by atoms with E-state index in [0.29, 0.717) is 12.8 Å². The number of carbonyl (C=O) groups is 3. The molecule has 1 aliphatic rings. The maximum Gasteiger partial charge on any atom is 0.310 e. The van der Waals surface area contributed by atoms with Gasteiger partial charge in [0, 0.05) is 20.5 Å². The lowest BCUT2D eigenvalue weighted by atomic mass is 9.82. The average molecular weight is 256 g/mol. The summed E-state index contributed by atoms with van der Waals surface area (Å²) in [4.78, 5) is 35.6. The van der Waals surface area contributed by atoms with Gasteiger partial charge in [0.2, 0.25) is 11.8 Å². The Hall–Kier alpha value is -1.59. The van der Waals surface area contributed by atoms with Crippen molar-refractivity contribution in [1.82, 2.24) is 10.2 Å². The first-order valence-electron chi connectivity index (χ1n) is 6.08. The molecule has 18 heavy (non-hydrogen) atoms. The lowest BCUT2D eigenvalue weighted by Crippen LogP contribution is -2.40. The summed E-state index contributed by atoms with van der Waals surface area (Å²) in [7, 11) is 3.20. The van der Waals surface area contributed by atoms with E-state index in [1.165, 1.54) is 4.90 Å². The monoisotopic (exact) mass is 256 g/mol. The normalized spacial score (nSPS) is 17.2. The van der Waals surface area contributed by atoms with Gasteiger partial charge in [-0.25, -0.2) is 0 Å². The van der Waals surface area contributed by atoms with E-state index in [-0.39, 0.29) is 24.8 Å². The van der Waals surface area contributed by atoms with Gasteiger partial charge >= 0.3 is 5.97 Å². The first-order chi connectivity index (χ1) is 8.37. The predicted molar refractivity (Wildman–Crippen MR) is 64.9 cm³/mol. The maximum atomic E-state index is 11.7. The highest BCUT2D eigenvalue weighted by atomic mass is 16.4. The Morgan fingerprint density at radius 3 is 2.22 bits per heavy atom. The molecule has 0 aromatic heterocycles. The summed E-state index contributed by atoms with van der Waals surface area (Å²) in [6.07, 6.45) is 2.73. The number of nitrogens with zero attached hydrogens (tertiary/aromatic N) is 1. The maximum absolute atomic E-state index is 11.7. The summed E-state index contributed by atoms with van der Waals surface area (Å²) in [6, 6.07) is 0. The molecule has 0 aromatic rings. The zero-order valence-corrected chi connectivity index (χ0v) is 10.9. The van der Waals surface area contributed by atoms with Gasteiger partial charge in [-0.1, -0.05) is 12.8 Å². The third kappa shape index (κ3) is 3.45. The van der Waals surface area contributed by atoms with Gasteiger partial charge in [0.1, 0.15) is 0 Å². The van der Waals surface area contributed by atoms with Crippen molar-refractivity contribution in [2.45, 2.75) is 32.1 Å². The highest BCUT2D eigenvalue weighted by Crippen LogP contribution is 2.41. The molecule has 1 fully saturated rings. The van der Waals surface area contributed by atoms with Crippen LogP contribution in [0.4, 0.5) is 0 Å². The van der Waals surface area contributed by atoms with Crippen LogP contribution in [0, 0.1) is 5.41 Å². The van der Waals surface area contributed by atoms with Crippen LogP contribution in [0.2, 0.25) is 0 Å². The molecule has 102 valence electrons. The number of aliphatic carboxylic acids is 1. The number of hydrogen-bond donors (Lipinski definition) is 2. The number of rotatable bonds is 5. The van der Waals surface area contributed by atoms with E-state index in [2.05, 4.69) is 5.32 Å². The van der Waals surface area contributed by atoms with Gasteiger partial charge in [0.05, 0.1) is 12.0 Å². The largest absolute Gasteiger partial charge is 0.481 e. The summed E-state index contributed by atoms with van der Waals surface area (Å²) in [5, 5.41) is 11.7. The summed E-state index contributed by atoms with van der Waals surface area (Å²) >= 11 is 0. The van der Waals surface area contributed by atoms with Crippen molar-refractivity contribution in [3.63, 3.8) is 0 Å². The minimum atomic E-state index is -0.925. The van der Waals surface area contributed by atoms with E-state index < -0.39 is 11.4 Å². The van der Waals surface area contributed by atoms with Crippen LogP contribution in [0.5, 0.6) is 0 Å². The standard InChI is InChI=1S/C12H20N2O4/c1-14(2)10(16)8-13-9(15)7-12(11(17)18)5-3-4-6-12/h3-8H2,1-2H3,(H,13,15)(H,17,18). The molecule has 0 bridgehead atoms. The number of likely N-dealkylation sites (N-methyl/N-ethyl adjacent to an activating group) is 1. The zero-order chi connectivity index (χ0) is 13.8. The van der Waals surface area contributed by atoms with Gasteiger partial charge in [0.15, 0.2) is 0 Å². The summed E-state index contributed by atoms with van der Waals surface area (Å²) in [6.45, 7) is -0.0818. The van der Waals surface area contributed by atoms with E-state index >= 15 is 0 Å². The fourth-order valence-electron chi connectivity index (χ4n) is 2.22. The minimum Gasteiger partial charge on any atom is -0.481 e. The SMILES string of the molecule is CN(C)C(=O)CNC(=O)CC1(C(=O)O)CCCC1. The number of amides is 2. The Labute approximate surface area is 106 Å². The van der Waals surface area contributed by atoms with Gasteiger partial charge in [-0.05, 0) is 12.8 Å². The molecular weight excluding hydrogens is 236 g/mol. The van der Waals surface area contributed by atoms with Gasteiger partial charge in [-0.15, -0.1) is 0 Å². The molecule has 0 radical (unpaired) electrons. The molecule has 6 nitrogen and oxygen atoms in total. The second-order valence-electron chi connectivity index (χ2n) is 5.03. The molecule has 0 atom stereocenters. The molecule has 0 unspecified atom stereocenters. The summed E-state index contributed by atoms with van der Waals surface area (Å²) in [5.74, 6) is -1.48. The highest BCUT2D eigenvalue weighted by Gasteiger charge is 2.42. The van der Waals surface area contributed by atoms with Crippen molar-refractivity contribution >= 4 is 17.8 Å². The predicted octanol–water partition coefficient (Wildman–Crippen LogP) is 0.226. The second kappa shape index (κ2) is 5.84. The number of nitrogens with one attached hydrogen (secondary N) is 1. The Kier molecular flexibility index (Phi) is 4.69. The fraction of sp³-hybridized carbons (Fsp3) is 0.750. The smallest absolute Gasteiger partial charge is 0.310 e. The van der Waals surface area contributed by atoms with E-state index in [9.17, 15) is 19.5 Å². The number of carbonyl (C=O) groups excluding carboxylic acids is 2. The molecular formula is C12H20N2O4. The fourth-order valence-corrected chi connectivity index (χ4v) is 2.22. The Bertz CT molecular complexity index is 346. The van der Waals surface area contributed by atoms with E-state index in [4.69, 9.17) is 0 Å². The topological polar surface area (TPSA) is 86.7 Å². The van der Waals surface area contributed by atoms with Gasteiger partial charge in [-0.3, -0.25) is 14.4 Å². The van der Waals surface area contributed by atoms with Crippen LogP contribution in [0.1, 0.15) is 32.1 Å². The van der Waals surface area contributed by atoms with Gasteiger partial charge in [0.25, 0.3) is 0 Å². The number of hydrogen-bond acceptors (Lipinski definition) is 3. The average Bonchev–Trinajstić information content (AvgIpc) is 2.75. The lowest BCUT2D eigenvalue weighted by molar-refractivity contribution is -0.151. The molecule has 0 aromatic carbocycles. The van der Waals surface area contributed by atoms with Crippen molar-refractivity contribution in [3.8, 4) is 0 Å². The molecule has 1 saturated carbocycles. The van der Waals surface area contributed by atoms with Crippen molar-refractivity contribution in [2.75, 3.05) is 20.6 Å². The third-order valence-electron chi connectivity index (χ3n) is 3.45. The molecule has 2 N–H and O–H groups in total. The van der Waals surface area contributed by atoms with E-state index in [1.54, 1.807) is 14.1 Å². The van der Waals surface area contributed by atoms with Crippen LogP contribution in [-0.4, -0.2) is 48.4 Å². The van der Waals surface area contributed by atoms with Gasteiger partial charge < -0.3 is 15.3 Å². The molecule has 0 heterocycles. The molecule has 2 amide bonds. The van der Waals surface area contributed by atoms with E-state index in [1.807, 2.05) is 0 Å². The lowest BCUT2D eigenvalue weighted by Gasteiger charge is -2.23. The Morgan fingerprint density at radius 2 is 1.78 bits per heavy atom. The molecule has 6 heteroatoms. The zero-order valence-electron chi connectivity index (χ0n) is 10.9. The van der Waals surface area contributed by atoms with Crippen LogP contribution in [0.3, 0.4) is 0 Å². The van der Waals surface area contributed by atoms with Gasteiger partial charge in [-0.2, -0.15) is 0 Å². The highest BCUT2D eigenvalue weighted by molar-refractivity contribution is 5.88. The van der Waals surface area contributed by atoms with Crippen molar-refractivity contribution in [1.29, 1.82) is 0 Å². The Balaban J connectivity index is 2.48. The number of carboxylic acids is 1. The molecule has 1 aliphatic carbocycles. The van der Waals surface area contributed by atoms with Crippen molar-refractivity contribution < 1.29 is 19.5 Å². The minimum absolute atomic E-state index is 0.0386. The molecule has 0 aliphatic heterocycles. The number of carboxylic acid groups (broad SMARTS) is 1. The quantitative estimate of drug-likeness (QED) is 0.737. The Morgan fingerprint density at radius 1 is 1.22 bits per heavy atom. The van der Waals surface area contributed by atoms with Crippen LogP contribution in [0.25, 0.3) is 0 Å². The van der Waals surface area contributed by atoms with Crippen LogP contribution < -0.4 is 5.32 Å². The summed E-state index contributed by atoms with van der Waals surface area (Å²) in [5.41, 5.74) is -0.925. The second-order valence-corrected chi connectivity index (χ2v) is 5.03. The molecule has 1 rings (SSSR count). The summed E-state index contributed by atoms with van der Waals surface area (Å²) < 4.78 is 0. The van der Waals surface area contributed by atoms with Crippen LogP contribution >= 0.6 is 0 Å². The molecule has 0 spiro atoms. The first kappa shape index (κ1) is 14.5. The van der Waals surface area contributed by atoms with Crippen molar-refractivity contribution in [3.05, 3.63) is 0 Å². The third-order valence-corrected chi connectivity index (χ3v) is 3.45. The molecule has 0 saturated heterocycles. The van der Waals surface area contributed by atoms with Crippen LogP contribution in [-0.2, 0) is 14.4 Å². The van der Waals surface area contributed by atoms with Crippen molar-refractivity contribution in [2.24, 2.45) is 5.41 Å². The first-order valence-corrected chi connectivity index (χ1v) is 6.08. The van der Waals surface area contributed by atoms with Crippen LogP contribution in [0.15, 0.2) is 0 Å². The van der Waals surface area contributed by atoms with E-state index in [0.717, 1.165) is 12.8 Å².